The van der Waals surface area contributed by atoms with Crippen molar-refractivity contribution in [2.75, 3.05) is 0 Å². The van der Waals surface area contributed by atoms with E-state index in [0.717, 1.165) is 12.1 Å². The molecule has 0 aromatic heterocycles. The highest BCUT2D eigenvalue weighted by Crippen LogP contribution is 2.28. The number of nitrogens with zero attached hydrogens (tertiary/aromatic N) is 4. The maximum atomic E-state index is 13.1. The number of nitro groups is 1. The maximum Gasteiger partial charge on any atom is 0.305 e. The highest BCUT2D eigenvalue weighted by atomic mass is 19.1. The third-order valence-corrected chi connectivity index (χ3v) is 2.37. The summed E-state index contributed by atoms with van der Waals surface area (Å²) in [4.78, 5) is 22.7. The molecule has 0 aliphatic carbocycles. The van der Waals surface area contributed by atoms with Crippen molar-refractivity contribution in [1.29, 1.82) is 0 Å². The van der Waals surface area contributed by atoms with Crippen LogP contribution < -0.4 is 0 Å². The third-order valence-electron chi connectivity index (χ3n) is 2.37. The second kappa shape index (κ2) is 6.31. The molecular formula is C10H9FN4O4. The maximum absolute atomic E-state index is 13.1. The molecule has 1 N–H and O–H groups in total. The monoisotopic (exact) mass is 268 g/mol. The van der Waals surface area contributed by atoms with E-state index in [4.69, 9.17) is 10.6 Å². The summed E-state index contributed by atoms with van der Waals surface area (Å²) >= 11 is 0. The summed E-state index contributed by atoms with van der Waals surface area (Å²) in [6.07, 6.45) is -0.295. The van der Waals surface area contributed by atoms with E-state index in [1.165, 1.54) is 6.07 Å². The van der Waals surface area contributed by atoms with Gasteiger partial charge in [-0.1, -0.05) is 11.2 Å². The van der Waals surface area contributed by atoms with E-state index in [-0.39, 0.29) is 18.4 Å². The number of halogens is 1. The average Bonchev–Trinajstić information content (AvgIpc) is 2.34. The van der Waals surface area contributed by atoms with E-state index in [0.29, 0.717) is 0 Å². The molecule has 1 aromatic carbocycles. The molecule has 8 nitrogen and oxygen atoms in total. The number of nitro benzene ring substituents is 1. The molecule has 1 atom stereocenters. The van der Waals surface area contributed by atoms with Crippen LogP contribution >= 0.6 is 0 Å². The van der Waals surface area contributed by atoms with Gasteiger partial charge in [-0.25, -0.2) is 0 Å². The number of carbonyl (C=O) groups is 1. The lowest BCUT2D eigenvalue weighted by Gasteiger charge is -2.09. The Hall–Kier alpha value is -2.67. The molecule has 1 rings (SSSR count). The summed E-state index contributed by atoms with van der Waals surface area (Å²) in [7, 11) is 0. The Morgan fingerprint density at radius 1 is 1.63 bits per heavy atom. The number of hydrogen-bond acceptors (Lipinski definition) is 4. The van der Waals surface area contributed by atoms with Crippen molar-refractivity contribution >= 4 is 11.7 Å². The van der Waals surface area contributed by atoms with Gasteiger partial charge in [0.1, 0.15) is 0 Å². The van der Waals surface area contributed by atoms with Crippen LogP contribution in [0.3, 0.4) is 0 Å². The van der Waals surface area contributed by atoms with Crippen molar-refractivity contribution in [3.8, 4) is 0 Å². The van der Waals surface area contributed by atoms with Gasteiger partial charge in [0.05, 0.1) is 11.0 Å². The first-order valence-electron chi connectivity index (χ1n) is 5.15. The van der Waals surface area contributed by atoms with Crippen LogP contribution in [-0.4, -0.2) is 16.0 Å². The van der Waals surface area contributed by atoms with Gasteiger partial charge in [0.15, 0.2) is 0 Å². The van der Waals surface area contributed by atoms with Crippen LogP contribution in [0.2, 0.25) is 0 Å². The Balaban J connectivity index is 3.08. The number of benzene rings is 1. The molecule has 0 fully saturated rings. The lowest BCUT2D eigenvalue weighted by Crippen LogP contribution is -2.02. The molecule has 19 heavy (non-hydrogen) atoms. The number of carboxylic acid groups (broad SMARTS) is 1. The molecule has 9 heteroatoms. The third kappa shape index (κ3) is 3.93. The zero-order chi connectivity index (χ0) is 14.4. The number of hydrogen-bond donors (Lipinski definition) is 1. The zero-order valence-corrected chi connectivity index (χ0v) is 9.56. The summed E-state index contributed by atoms with van der Waals surface area (Å²) in [6.45, 7) is 0. The molecule has 0 aliphatic rings. The Morgan fingerprint density at radius 3 is 2.84 bits per heavy atom. The normalized spacial score (nSPS) is 11.4. The molecule has 1 aromatic rings. The van der Waals surface area contributed by atoms with Gasteiger partial charge in [0.2, 0.25) is 5.82 Å². The number of rotatable bonds is 6. The summed E-state index contributed by atoms with van der Waals surface area (Å²) in [6, 6.07) is 2.16. The van der Waals surface area contributed by atoms with Gasteiger partial charge in [0.25, 0.3) is 0 Å². The largest absolute Gasteiger partial charge is 0.481 e. The van der Waals surface area contributed by atoms with Crippen molar-refractivity contribution in [3.63, 3.8) is 0 Å². The Labute approximate surface area is 106 Å². The zero-order valence-electron chi connectivity index (χ0n) is 9.56. The summed E-state index contributed by atoms with van der Waals surface area (Å²) in [5, 5.41) is 22.5. The lowest BCUT2D eigenvalue weighted by atomic mass is 10.0. The van der Waals surface area contributed by atoms with E-state index in [1.807, 2.05) is 0 Å². The van der Waals surface area contributed by atoms with E-state index in [9.17, 15) is 19.3 Å². The Bertz CT molecular complexity index is 556. The van der Waals surface area contributed by atoms with Gasteiger partial charge in [-0.05, 0) is 23.6 Å². The molecule has 100 valence electrons. The first-order valence-corrected chi connectivity index (χ1v) is 5.15. The predicted octanol–water partition coefficient (Wildman–Crippen LogP) is 2.95. The van der Waals surface area contributed by atoms with Crippen molar-refractivity contribution in [1.82, 2.24) is 0 Å². The molecule has 0 aliphatic heterocycles. The molecule has 0 saturated carbocycles. The second-order valence-corrected chi connectivity index (χ2v) is 3.62. The topological polar surface area (TPSA) is 129 Å². The molecule has 0 saturated heterocycles. The second-order valence-electron chi connectivity index (χ2n) is 3.62. The standard InChI is InChI=1S/C10H9FN4O4/c11-7-2-1-6(5-9(7)15(18)19)8(13-14-12)3-4-10(16)17/h1-2,5,8H,3-4H2,(H,16,17). The van der Waals surface area contributed by atoms with Crippen LogP contribution in [0, 0.1) is 15.9 Å². The molecule has 1 unspecified atom stereocenters. The van der Waals surface area contributed by atoms with Crippen molar-refractivity contribution < 1.29 is 19.2 Å². The lowest BCUT2D eigenvalue weighted by molar-refractivity contribution is -0.387. The molecule has 0 heterocycles. The van der Waals surface area contributed by atoms with Crippen LogP contribution in [0.25, 0.3) is 10.4 Å². The minimum Gasteiger partial charge on any atom is -0.481 e. The van der Waals surface area contributed by atoms with Gasteiger partial charge in [-0.3, -0.25) is 14.9 Å². The fourth-order valence-corrected chi connectivity index (χ4v) is 1.49. The van der Waals surface area contributed by atoms with Gasteiger partial charge < -0.3 is 5.11 Å². The van der Waals surface area contributed by atoms with Gasteiger partial charge in [-0.2, -0.15) is 4.39 Å². The van der Waals surface area contributed by atoms with Crippen LogP contribution in [0.1, 0.15) is 24.4 Å². The van der Waals surface area contributed by atoms with Gasteiger partial charge >= 0.3 is 11.7 Å². The Kier molecular flexibility index (Phi) is 4.78. The number of carboxylic acids is 1. The summed E-state index contributed by atoms with van der Waals surface area (Å²) < 4.78 is 13.1. The van der Waals surface area contributed by atoms with E-state index in [1.54, 1.807) is 0 Å². The molecular weight excluding hydrogens is 259 g/mol. The van der Waals surface area contributed by atoms with E-state index in [2.05, 4.69) is 10.0 Å². The molecule has 0 bridgehead atoms. The number of azide groups is 1. The predicted molar refractivity (Wildman–Crippen MR) is 61.8 cm³/mol. The van der Waals surface area contributed by atoms with Crippen molar-refractivity contribution in [3.05, 3.63) is 50.1 Å². The van der Waals surface area contributed by atoms with Crippen LogP contribution in [0.5, 0.6) is 0 Å². The highest BCUT2D eigenvalue weighted by Gasteiger charge is 2.19. The highest BCUT2D eigenvalue weighted by molar-refractivity contribution is 5.66. The van der Waals surface area contributed by atoms with Crippen LogP contribution in [-0.2, 0) is 4.79 Å². The quantitative estimate of drug-likeness (QED) is 0.279. The summed E-state index contributed by atoms with van der Waals surface area (Å²) in [5.74, 6) is -2.10. The van der Waals surface area contributed by atoms with Crippen LogP contribution in [0.4, 0.5) is 10.1 Å². The molecule has 0 spiro atoms. The fraction of sp³-hybridized carbons (Fsp3) is 0.300. The minimum absolute atomic E-state index is 0.0256. The molecule has 0 amide bonds. The van der Waals surface area contributed by atoms with Crippen molar-refractivity contribution in [2.24, 2.45) is 5.11 Å². The SMILES string of the molecule is [N-]=[N+]=NC(CCC(=O)O)c1ccc(F)c([N+](=O)[O-])c1. The smallest absolute Gasteiger partial charge is 0.305 e. The van der Waals surface area contributed by atoms with Crippen molar-refractivity contribution in [2.45, 2.75) is 18.9 Å². The Morgan fingerprint density at radius 2 is 2.32 bits per heavy atom. The first-order chi connectivity index (χ1) is 8.95. The van der Waals surface area contributed by atoms with Gasteiger partial charge in [0, 0.05) is 17.4 Å². The molecule has 0 radical (unpaired) electrons. The van der Waals surface area contributed by atoms with E-state index >= 15 is 0 Å². The van der Waals surface area contributed by atoms with Gasteiger partial charge in [-0.15, -0.1) is 0 Å². The van der Waals surface area contributed by atoms with Crippen LogP contribution in [0.15, 0.2) is 23.3 Å². The minimum atomic E-state index is -1.09. The summed E-state index contributed by atoms with van der Waals surface area (Å²) in [5.41, 5.74) is 7.86. The first kappa shape index (κ1) is 14.4. The fourth-order valence-electron chi connectivity index (χ4n) is 1.49. The average molecular weight is 268 g/mol. The van der Waals surface area contributed by atoms with E-state index < -0.39 is 28.4 Å². The number of aliphatic carboxylic acids is 1.